The maximum absolute atomic E-state index is 12.2. The molecule has 0 N–H and O–H groups in total. The number of benzene rings is 1. The molecular formula is C12H17NOS. The Labute approximate surface area is 92.2 Å². The van der Waals surface area contributed by atoms with Crippen LogP contribution in [0.1, 0.15) is 12.8 Å². The van der Waals surface area contributed by atoms with Crippen LogP contribution in [0.2, 0.25) is 0 Å². The smallest absolute Gasteiger partial charge is 0.0723 e. The molecule has 1 aromatic rings. The quantitative estimate of drug-likeness (QED) is 0.557. The van der Waals surface area contributed by atoms with Crippen LogP contribution >= 0.6 is 0 Å². The number of hydrogen-bond donors (Lipinski definition) is 0. The van der Waals surface area contributed by atoms with Gasteiger partial charge >= 0.3 is 0 Å². The molecule has 1 atom stereocenters. The highest BCUT2D eigenvalue weighted by molar-refractivity contribution is 7.93. The van der Waals surface area contributed by atoms with Gasteiger partial charge in [-0.2, -0.15) is 0 Å². The van der Waals surface area contributed by atoms with E-state index in [9.17, 15) is 4.21 Å². The second-order valence-electron chi connectivity index (χ2n) is 3.40. The van der Waals surface area contributed by atoms with Crippen molar-refractivity contribution in [3.05, 3.63) is 43.0 Å². The Hall–Kier alpha value is -1.09. The topological polar surface area (TPSA) is 29.4 Å². The molecule has 0 bridgehead atoms. The Balaban J connectivity index is 2.74. The minimum Gasteiger partial charge on any atom is -0.245 e. The highest BCUT2D eigenvalue weighted by atomic mass is 32.2. The lowest BCUT2D eigenvalue weighted by molar-refractivity contribution is 0.677. The van der Waals surface area contributed by atoms with E-state index in [1.807, 2.05) is 36.4 Å². The van der Waals surface area contributed by atoms with E-state index in [0.29, 0.717) is 6.54 Å². The Morgan fingerprint density at radius 3 is 2.67 bits per heavy atom. The molecule has 0 spiro atoms. The average molecular weight is 223 g/mol. The molecule has 0 aliphatic carbocycles. The monoisotopic (exact) mass is 223 g/mol. The Morgan fingerprint density at radius 2 is 2.07 bits per heavy atom. The standard InChI is InChI=1S/C12H17NOS/c1-3-4-8-11-13-15(2,14)12-9-6-5-7-10-12/h3,5-7,9-10H,1,4,8,11H2,2H3/t15-/m0/s1. The normalized spacial score (nSPS) is 14.2. The van der Waals surface area contributed by atoms with Crippen LogP contribution in [0.4, 0.5) is 0 Å². The van der Waals surface area contributed by atoms with Gasteiger partial charge in [-0.1, -0.05) is 24.3 Å². The van der Waals surface area contributed by atoms with Gasteiger partial charge in [0.1, 0.15) is 0 Å². The minimum atomic E-state index is -2.20. The van der Waals surface area contributed by atoms with Gasteiger partial charge in [0.25, 0.3) is 0 Å². The fourth-order valence-electron chi connectivity index (χ4n) is 1.22. The summed E-state index contributed by atoms with van der Waals surface area (Å²) in [6.07, 6.45) is 5.39. The zero-order valence-corrected chi connectivity index (χ0v) is 9.87. The second kappa shape index (κ2) is 5.71. The van der Waals surface area contributed by atoms with Gasteiger partial charge in [0, 0.05) is 17.7 Å². The molecule has 0 radical (unpaired) electrons. The van der Waals surface area contributed by atoms with Crippen molar-refractivity contribution >= 4 is 9.73 Å². The summed E-state index contributed by atoms with van der Waals surface area (Å²) in [5.74, 6) is 0. The summed E-state index contributed by atoms with van der Waals surface area (Å²) < 4.78 is 16.4. The van der Waals surface area contributed by atoms with E-state index in [-0.39, 0.29) is 0 Å². The van der Waals surface area contributed by atoms with Crippen molar-refractivity contribution in [2.45, 2.75) is 17.7 Å². The molecule has 0 aliphatic heterocycles. The maximum Gasteiger partial charge on any atom is 0.0723 e. The van der Waals surface area contributed by atoms with Crippen molar-refractivity contribution in [2.24, 2.45) is 4.36 Å². The van der Waals surface area contributed by atoms with E-state index < -0.39 is 9.73 Å². The fourth-order valence-corrected chi connectivity index (χ4v) is 2.51. The molecule has 82 valence electrons. The van der Waals surface area contributed by atoms with E-state index in [0.717, 1.165) is 17.7 Å². The first-order valence-corrected chi connectivity index (χ1v) is 6.93. The van der Waals surface area contributed by atoms with Gasteiger partial charge < -0.3 is 0 Å². The lowest BCUT2D eigenvalue weighted by Crippen LogP contribution is -1.98. The van der Waals surface area contributed by atoms with Crippen molar-refractivity contribution in [2.75, 3.05) is 12.8 Å². The second-order valence-corrected chi connectivity index (χ2v) is 5.73. The molecule has 0 unspecified atom stereocenters. The Bertz CT molecular complexity index is 417. The van der Waals surface area contributed by atoms with Gasteiger partial charge in [-0.15, -0.1) is 6.58 Å². The third kappa shape index (κ3) is 3.88. The average Bonchev–Trinajstić information content (AvgIpc) is 2.26. The van der Waals surface area contributed by atoms with Crippen LogP contribution in [0.3, 0.4) is 0 Å². The molecule has 2 nitrogen and oxygen atoms in total. The van der Waals surface area contributed by atoms with Gasteiger partial charge in [0.2, 0.25) is 0 Å². The molecule has 0 saturated heterocycles. The molecule has 0 heterocycles. The van der Waals surface area contributed by atoms with E-state index in [1.165, 1.54) is 0 Å². The fraction of sp³-hybridized carbons (Fsp3) is 0.333. The minimum absolute atomic E-state index is 0.635. The SMILES string of the molecule is C=CCCCN=[S@@](C)(=O)c1ccccc1. The first-order chi connectivity index (χ1) is 7.17. The number of rotatable bonds is 5. The molecule has 1 aromatic carbocycles. The summed E-state index contributed by atoms with van der Waals surface area (Å²) in [5.41, 5.74) is 0. The lowest BCUT2D eigenvalue weighted by atomic mass is 10.3. The van der Waals surface area contributed by atoms with Crippen LogP contribution in [0.25, 0.3) is 0 Å². The number of nitrogens with zero attached hydrogens (tertiary/aromatic N) is 1. The summed E-state index contributed by atoms with van der Waals surface area (Å²) in [7, 11) is -2.20. The molecular weight excluding hydrogens is 206 g/mol. The molecule has 1 rings (SSSR count). The van der Waals surface area contributed by atoms with Gasteiger partial charge in [0.05, 0.1) is 9.73 Å². The first kappa shape index (κ1) is 12.0. The molecule has 15 heavy (non-hydrogen) atoms. The molecule has 0 saturated carbocycles. The lowest BCUT2D eigenvalue weighted by Gasteiger charge is -2.03. The Kier molecular flexibility index (Phi) is 4.56. The maximum atomic E-state index is 12.2. The van der Waals surface area contributed by atoms with Gasteiger partial charge in [-0.05, 0) is 25.0 Å². The van der Waals surface area contributed by atoms with Crippen molar-refractivity contribution in [3.8, 4) is 0 Å². The van der Waals surface area contributed by atoms with E-state index in [4.69, 9.17) is 0 Å². The van der Waals surface area contributed by atoms with E-state index >= 15 is 0 Å². The molecule has 0 aliphatic rings. The third-order valence-electron chi connectivity index (χ3n) is 2.08. The molecule has 0 fully saturated rings. The predicted molar refractivity (Wildman–Crippen MR) is 65.5 cm³/mol. The van der Waals surface area contributed by atoms with Crippen molar-refractivity contribution in [3.63, 3.8) is 0 Å². The summed E-state index contributed by atoms with van der Waals surface area (Å²) in [6.45, 7) is 4.28. The summed E-state index contributed by atoms with van der Waals surface area (Å²) in [4.78, 5) is 0.809. The zero-order chi connectivity index (χ0) is 11.1. The summed E-state index contributed by atoms with van der Waals surface area (Å²) in [6, 6.07) is 9.41. The van der Waals surface area contributed by atoms with E-state index in [1.54, 1.807) is 6.26 Å². The zero-order valence-electron chi connectivity index (χ0n) is 9.06. The van der Waals surface area contributed by atoms with E-state index in [2.05, 4.69) is 10.9 Å². The number of allylic oxidation sites excluding steroid dienone is 1. The van der Waals surface area contributed by atoms with Crippen LogP contribution in [-0.4, -0.2) is 17.0 Å². The van der Waals surface area contributed by atoms with Gasteiger partial charge in [0.15, 0.2) is 0 Å². The van der Waals surface area contributed by atoms with Crippen molar-refractivity contribution in [1.82, 2.24) is 0 Å². The summed E-state index contributed by atoms with van der Waals surface area (Å²) in [5, 5.41) is 0. The summed E-state index contributed by atoms with van der Waals surface area (Å²) >= 11 is 0. The predicted octanol–water partition coefficient (Wildman–Crippen LogP) is 3.11. The van der Waals surface area contributed by atoms with Crippen molar-refractivity contribution in [1.29, 1.82) is 0 Å². The number of hydrogen-bond acceptors (Lipinski definition) is 2. The van der Waals surface area contributed by atoms with Crippen LogP contribution < -0.4 is 0 Å². The third-order valence-corrected chi connectivity index (χ3v) is 3.91. The van der Waals surface area contributed by atoms with Gasteiger partial charge in [-0.25, -0.2) is 8.57 Å². The first-order valence-electron chi connectivity index (χ1n) is 5.01. The van der Waals surface area contributed by atoms with Crippen LogP contribution in [0.5, 0.6) is 0 Å². The molecule has 0 aromatic heterocycles. The molecule has 0 amide bonds. The van der Waals surface area contributed by atoms with Gasteiger partial charge in [-0.3, -0.25) is 0 Å². The Morgan fingerprint density at radius 1 is 1.40 bits per heavy atom. The van der Waals surface area contributed by atoms with Crippen LogP contribution in [-0.2, 0) is 9.73 Å². The van der Waals surface area contributed by atoms with Crippen molar-refractivity contribution < 1.29 is 4.21 Å². The highest BCUT2D eigenvalue weighted by Crippen LogP contribution is 2.10. The molecule has 3 heteroatoms. The largest absolute Gasteiger partial charge is 0.245 e. The van der Waals surface area contributed by atoms with Crippen LogP contribution in [0, 0.1) is 0 Å². The highest BCUT2D eigenvalue weighted by Gasteiger charge is 2.03. The number of unbranched alkanes of at least 4 members (excludes halogenated alkanes) is 1. The van der Waals surface area contributed by atoms with Crippen LogP contribution in [0.15, 0.2) is 52.2 Å².